The highest BCUT2D eigenvalue weighted by Gasteiger charge is 2.24. The highest BCUT2D eigenvalue weighted by Crippen LogP contribution is 2.16. The summed E-state index contributed by atoms with van der Waals surface area (Å²) in [5, 5.41) is 6.41. The van der Waals surface area contributed by atoms with Crippen LogP contribution in [-0.2, 0) is 0 Å². The molecular weight excluding hydrogens is 204 g/mol. The fourth-order valence-electron chi connectivity index (χ4n) is 1.30. The third-order valence-electron chi connectivity index (χ3n) is 2.10. The molecule has 0 unspecified atom stereocenters. The van der Waals surface area contributed by atoms with Crippen LogP contribution in [-0.4, -0.2) is 17.2 Å². The highest BCUT2D eigenvalue weighted by molar-refractivity contribution is 6.73. The Morgan fingerprint density at radius 3 is 2.13 bits per heavy atom. The second-order valence-corrected chi connectivity index (χ2v) is 3.17. The summed E-state index contributed by atoms with van der Waals surface area (Å²) in [6.07, 6.45) is 1.55. The predicted molar refractivity (Wildman–Crippen MR) is 52.7 cm³/mol. The van der Waals surface area contributed by atoms with Crippen LogP contribution in [0, 0.1) is 0 Å². The first-order valence-electron chi connectivity index (χ1n) is 4.37. The van der Waals surface area contributed by atoms with Gasteiger partial charge in [-0.2, -0.15) is 5.10 Å². The van der Waals surface area contributed by atoms with E-state index in [1.54, 1.807) is 12.3 Å². The molecule has 0 atom stereocenters. The zero-order valence-corrected chi connectivity index (χ0v) is 7.62. The molecule has 0 spiro atoms. The fraction of sp³-hybridized carbons (Fsp3) is 0. The third-order valence-corrected chi connectivity index (χ3v) is 2.10. The topological polar surface area (TPSA) is 28.7 Å². The van der Waals surface area contributed by atoms with Crippen LogP contribution in [0.15, 0.2) is 36.5 Å². The van der Waals surface area contributed by atoms with Crippen LogP contribution >= 0.6 is 0 Å². The smallest absolute Gasteiger partial charge is 0.445 e. The lowest BCUT2D eigenvalue weighted by Gasteiger charge is -2.14. The van der Waals surface area contributed by atoms with Crippen molar-refractivity contribution in [3.05, 3.63) is 36.5 Å². The monoisotopic (exact) mass is 211 g/mol. The van der Waals surface area contributed by atoms with Crippen molar-refractivity contribution in [2.45, 2.75) is 0 Å². The maximum absolute atomic E-state index is 12.3. The van der Waals surface area contributed by atoms with Crippen molar-refractivity contribution in [1.82, 2.24) is 10.2 Å². The summed E-state index contributed by atoms with van der Waals surface area (Å²) in [7, 11) is 0. The lowest BCUT2D eigenvalue weighted by Crippen LogP contribution is -2.33. The highest BCUT2D eigenvalue weighted by atomic mass is 19.4. The number of halogens is 3. The maximum atomic E-state index is 12.3. The Morgan fingerprint density at radius 1 is 1.00 bits per heavy atom. The Hall–Kier alpha value is -1.72. The van der Waals surface area contributed by atoms with E-state index < -0.39 is 12.4 Å². The lowest BCUT2D eigenvalue weighted by molar-refractivity contribution is 0.501. The summed E-state index contributed by atoms with van der Waals surface area (Å²) in [4.78, 5) is 0. The number of aromatic amines is 1. The molecule has 2 rings (SSSR count). The normalized spacial score (nSPS) is 11.7. The molecule has 2 nitrogen and oxygen atoms in total. The molecule has 0 saturated carbocycles. The van der Waals surface area contributed by atoms with E-state index in [2.05, 4.69) is 10.2 Å². The molecule has 1 aromatic carbocycles. The molecule has 1 heterocycles. The van der Waals surface area contributed by atoms with Crippen LogP contribution in [0.3, 0.4) is 0 Å². The molecule has 1 N–H and O–H groups in total. The van der Waals surface area contributed by atoms with E-state index in [0.29, 0.717) is 11.3 Å². The van der Waals surface area contributed by atoms with E-state index in [0.717, 1.165) is 12.1 Å². The van der Waals surface area contributed by atoms with Gasteiger partial charge in [0.05, 0.1) is 5.69 Å². The number of rotatable bonds is 2. The summed E-state index contributed by atoms with van der Waals surface area (Å²) in [5.41, 5.74) is 0.811. The first-order valence-corrected chi connectivity index (χ1v) is 4.37. The van der Waals surface area contributed by atoms with Crippen molar-refractivity contribution in [3.8, 4) is 11.3 Å². The van der Waals surface area contributed by atoms with Gasteiger partial charge in [0.1, 0.15) is 0 Å². The van der Waals surface area contributed by atoms with E-state index in [9.17, 15) is 12.9 Å². The first-order chi connectivity index (χ1) is 7.07. The van der Waals surface area contributed by atoms with Gasteiger partial charge in [0.25, 0.3) is 0 Å². The Labute approximate surface area is 84.2 Å². The van der Waals surface area contributed by atoms with Gasteiger partial charge < -0.3 is 12.9 Å². The Kier molecular flexibility index (Phi) is 2.26. The average Bonchev–Trinajstić information content (AvgIpc) is 2.69. The van der Waals surface area contributed by atoms with Gasteiger partial charge in [-0.1, -0.05) is 24.3 Å². The molecule has 6 heteroatoms. The van der Waals surface area contributed by atoms with E-state index in [1.807, 2.05) is 0 Å². The van der Waals surface area contributed by atoms with Crippen molar-refractivity contribution in [2.75, 3.05) is 0 Å². The molecule has 0 aliphatic rings. The molecule has 0 saturated heterocycles. The summed E-state index contributed by atoms with van der Waals surface area (Å²) in [5.74, 6) is 0. The van der Waals surface area contributed by atoms with E-state index >= 15 is 0 Å². The zero-order chi connectivity index (χ0) is 10.9. The number of hydrogen-bond donors (Lipinski definition) is 1. The summed E-state index contributed by atoms with van der Waals surface area (Å²) < 4.78 is 36.9. The molecule has 0 aliphatic heterocycles. The number of benzene rings is 1. The number of nitrogens with one attached hydrogen (secondary N) is 1. The second-order valence-electron chi connectivity index (χ2n) is 3.17. The quantitative estimate of drug-likeness (QED) is 0.757. The first kappa shape index (κ1) is 9.83. The van der Waals surface area contributed by atoms with Gasteiger partial charge in [0, 0.05) is 6.20 Å². The van der Waals surface area contributed by atoms with Gasteiger partial charge >= 0.3 is 6.98 Å². The second kappa shape index (κ2) is 3.45. The molecule has 0 bridgehead atoms. The summed E-state index contributed by atoms with van der Waals surface area (Å²) >= 11 is 0. The average molecular weight is 211 g/mol. The van der Waals surface area contributed by atoms with Crippen molar-refractivity contribution in [2.24, 2.45) is 0 Å². The van der Waals surface area contributed by atoms with Gasteiger partial charge in [-0.05, 0) is 11.6 Å². The SMILES string of the molecule is F[B-](F)(F)c1ccc(-c2ccn[nH]2)cc1. The molecule has 0 radical (unpaired) electrons. The third kappa shape index (κ3) is 2.03. The fourth-order valence-corrected chi connectivity index (χ4v) is 1.30. The van der Waals surface area contributed by atoms with Crippen LogP contribution in [0.25, 0.3) is 11.3 Å². The van der Waals surface area contributed by atoms with Crippen molar-refractivity contribution in [1.29, 1.82) is 0 Å². The van der Waals surface area contributed by atoms with Crippen LogP contribution in [0.1, 0.15) is 0 Å². The van der Waals surface area contributed by atoms with Crippen LogP contribution in [0.5, 0.6) is 0 Å². The maximum Gasteiger partial charge on any atom is 0.509 e. The largest absolute Gasteiger partial charge is 0.509 e. The predicted octanol–water partition coefficient (Wildman–Crippen LogP) is 2.13. The molecule has 0 fully saturated rings. The Bertz CT molecular complexity index is 433. The van der Waals surface area contributed by atoms with Gasteiger partial charge in [-0.25, -0.2) is 0 Å². The number of nitrogens with zero attached hydrogens (tertiary/aromatic N) is 1. The number of aromatic nitrogens is 2. The van der Waals surface area contributed by atoms with Crippen LogP contribution < -0.4 is 5.46 Å². The van der Waals surface area contributed by atoms with Crippen molar-refractivity contribution < 1.29 is 12.9 Å². The van der Waals surface area contributed by atoms with Gasteiger partial charge in [0.15, 0.2) is 0 Å². The minimum absolute atomic E-state index is 0.585. The van der Waals surface area contributed by atoms with Gasteiger partial charge in [-0.3, -0.25) is 5.10 Å². The van der Waals surface area contributed by atoms with E-state index in [4.69, 9.17) is 0 Å². The zero-order valence-electron chi connectivity index (χ0n) is 7.62. The minimum atomic E-state index is -4.91. The van der Waals surface area contributed by atoms with Crippen molar-refractivity contribution in [3.63, 3.8) is 0 Å². The standard InChI is InChI=1S/C9H7BF3N2/c11-10(12,13)8-3-1-7(2-4-8)9-5-6-14-15-9/h1-6H,(H,14,15)/q-1. The van der Waals surface area contributed by atoms with Crippen LogP contribution in [0.4, 0.5) is 12.9 Å². The molecule has 0 aliphatic carbocycles. The van der Waals surface area contributed by atoms with E-state index in [1.165, 1.54) is 12.1 Å². The minimum Gasteiger partial charge on any atom is -0.445 e. The number of H-pyrrole nitrogens is 1. The Morgan fingerprint density at radius 2 is 1.67 bits per heavy atom. The van der Waals surface area contributed by atoms with Crippen LogP contribution in [0.2, 0.25) is 0 Å². The van der Waals surface area contributed by atoms with Gasteiger partial charge in [0.2, 0.25) is 0 Å². The van der Waals surface area contributed by atoms with Gasteiger partial charge in [-0.15, -0.1) is 5.46 Å². The van der Waals surface area contributed by atoms with E-state index in [-0.39, 0.29) is 0 Å². The molecular formula is C9H7BF3N2-. The molecule has 2 aromatic rings. The number of hydrogen-bond acceptors (Lipinski definition) is 1. The molecule has 15 heavy (non-hydrogen) atoms. The summed E-state index contributed by atoms with van der Waals surface area (Å²) in [6.45, 7) is -4.91. The molecule has 1 aromatic heterocycles. The van der Waals surface area contributed by atoms with Crippen molar-refractivity contribution >= 4 is 12.4 Å². The molecule has 78 valence electrons. The summed E-state index contributed by atoms with van der Waals surface area (Å²) in [6, 6.07) is 6.72. The molecule has 0 amide bonds. The Balaban J connectivity index is 2.33. The lowest BCUT2D eigenvalue weighted by atomic mass is 9.80.